The molecule has 0 aliphatic heterocycles. The lowest BCUT2D eigenvalue weighted by atomic mass is 10.1. The molecule has 1 saturated carbocycles. The van der Waals surface area contributed by atoms with Gasteiger partial charge in [0, 0.05) is 22.7 Å². The van der Waals surface area contributed by atoms with E-state index in [-0.39, 0.29) is 5.91 Å². The lowest BCUT2D eigenvalue weighted by molar-refractivity contribution is 0.103. The number of fused-ring (bicyclic) bond motifs is 1. The number of rotatable bonds is 4. The summed E-state index contributed by atoms with van der Waals surface area (Å²) in [5.74, 6) is 1.18. The van der Waals surface area contributed by atoms with Crippen molar-refractivity contribution in [3.05, 3.63) is 46.2 Å². The molecule has 0 unspecified atom stereocenters. The van der Waals surface area contributed by atoms with Crippen LogP contribution in [0.3, 0.4) is 0 Å². The highest BCUT2D eigenvalue weighted by atomic mass is 32.1. The number of primary amides is 1. The number of nitrogens with zero attached hydrogens (tertiary/aromatic N) is 2. The maximum Gasteiger partial charge on any atom is 0.316 e. The van der Waals surface area contributed by atoms with E-state index < -0.39 is 6.03 Å². The first-order valence-electron chi connectivity index (χ1n) is 8.68. The minimum absolute atomic E-state index is 0.182. The van der Waals surface area contributed by atoms with Crippen molar-refractivity contribution in [1.82, 2.24) is 9.97 Å². The van der Waals surface area contributed by atoms with Crippen LogP contribution < -0.4 is 16.4 Å². The minimum Gasteiger partial charge on any atom is -0.351 e. The predicted octanol–water partition coefficient (Wildman–Crippen LogP) is 3.93. The van der Waals surface area contributed by atoms with Gasteiger partial charge in [-0.05, 0) is 56.5 Å². The third-order valence-electron chi connectivity index (χ3n) is 4.55. The molecule has 0 radical (unpaired) electrons. The van der Waals surface area contributed by atoms with Crippen molar-refractivity contribution in [2.24, 2.45) is 5.73 Å². The van der Waals surface area contributed by atoms with Gasteiger partial charge in [-0.15, -0.1) is 11.3 Å². The number of nitrogens with two attached hydrogens (primary N) is 1. The van der Waals surface area contributed by atoms with Crippen molar-refractivity contribution in [3.8, 4) is 0 Å². The van der Waals surface area contributed by atoms with Crippen molar-refractivity contribution in [3.63, 3.8) is 0 Å². The Labute approximate surface area is 160 Å². The summed E-state index contributed by atoms with van der Waals surface area (Å²) in [6.45, 7) is 3.91. The summed E-state index contributed by atoms with van der Waals surface area (Å²) >= 11 is 1.40. The SMILES string of the molecule is Cc1nc(C2CC2)nc2sc(C(=O)Nc3ccc(NC(N)=O)cc3)c(C)c12. The van der Waals surface area contributed by atoms with E-state index in [0.717, 1.165) is 40.1 Å². The molecule has 0 atom stereocenters. The number of benzene rings is 1. The first kappa shape index (κ1) is 17.4. The third kappa shape index (κ3) is 3.48. The number of aromatic nitrogens is 2. The Balaban J connectivity index is 1.59. The summed E-state index contributed by atoms with van der Waals surface area (Å²) in [5.41, 5.74) is 8.12. The highest BCUT2D eigenvalue weighted by Crippen LogP contribution is 2.40. The highest BCUT2D eigenvalue weighted by Gasteiger charge is 2.28. The second-order valence-electron chi connectivity index (χ2n) is 6.70. The number of urea groups is 1. The quantitative estimate of drug-likeness (QED) is 0.636. The Morgan fingerprint density at radius 2 is 1.70 bits per heavy atom. The average Bonchev–Trinajstić information content (AvgIpc) is 3.40. The van der Waals surface area contributed by atoms with Gasteiger partial charge in [0.15, 0.2) is 0 Å². The van der Waals surface area contributed by atoms with Crippen LogP contribution in [-0.2, 0) is 0 Å². The molecule has 4 rings (SSSR count). The molecule has 0 saturated heterocycles. The van der Waals surface area contributed by atoms with E-state index in [9.17, 15) is 9.59 Å². The molecule has 1 aromatic carbocycles. The summed E-state index contributed by atoms with van der Waals surface area (Å²) < 4.78 is 0. The predicted molar refractivity (Wildman–Crippen MR) is 106 cm³/mol. The van der Waals surface area contributed by atoms with Gasteiger partial charge in [0.1, 0.15) is 10.7 Å². The fourth-order valence-electron chi connectivity index (χ4n) is 3.07. The monoisotopic (exact) mass is 381 g/mol. The standard InChI is InChI=1S/C19H19N5O2S/c1-9-14-10(2)21-16(11-3-4-11)24-18(14)27-15(9)17(25)22-12-5-7-13(8-6-12)23-19(20)26/h5-8,11H,3-4H2,1-2H3,(H,22,25)(H3,20,23,26). The molecule has 2 heterocycles. The Kier molecular flexibility index (Phi) is 4.27. The van der Waals surface area contributed by atoms with Gasteiger partial charge in [-0.1, -0.05) is 0 Å². The number of nitrogens with one attached hydrogen (secondary N) is 2. The molecule has 8 heteroatoms. The fraction of sp³-hybridized carbons (Fsp3) is 0.263. The van der Waals surface area contributed by atoms with Crippen LogP contribution in [0, 0.1) is 13.8 Å². The molecule has 7 nitrogen and oxygen atoms in total. The molecule has 3 aromatic rings. The molecule has 1 aliphatic carbocycles. The summed E-state index contributed by atoms with van der Waals surface area (Å²) in [7, 11) is 0. The summed E-state index contributed by atoms with van der Waals surface area (Å²) in [4.78, 5) is 34.5. The molecule has 3 amide bonds. The number of carbonyl (C=O) groups excluding carboxylic acids is 2. The Morgan fingerprint density at radius 3 is 2.30 bits per heavy atom. The van der Waals surface area contributed by atoms with E-state index in [1.807, 2.05) is 13.8 Å². The molecular formula is C19H19N5O2S. The fourth-order valence-corrected chi connectivity index (χ4v) is 4.20. The maximum atomic E-state index is 12.8. The number of aryl methyl sites for hydroxylation is 2. The number of carbonyl (C=O) groups is 2. The van der Waals surface area contributed by atoms with E-state index in [1.54, 1.807) is 24.3 Å². The van der Waals surface area contributed by atoms with E-state index in [4.69, 9.17) is 5.73 Å². The Hall–Kier alpha value is -3.00. The summed E-state index contributed by atoms with van der Waals surface area (Å²) in [6.07, 6.45) is 2.28. The van der Waals surface area contributed by atoms with Crippen molar-refractivity contribution in [1.29, 1.82) is 0 Å². The van der Waals surface area contributed by atoms with E-state index >= 15 is 0 Å². The lowest BCUT2D eigenvalue weighted by Crippen LogP contribution is -2.19. The third-order valence-corrected chi connectivity index (χ3v) is 5.73. The smallest absolute Gasteiger partial charge is 0.316 e. The molecule has 0 spiro atoms. The molecule has 2 aromatic heterocycles. The molecular weight excluding hydrogens is 362 g/mol. The number of hydrogen-bond donors (Lipinski definition) is 3. The van der Waals surface area contributed by atoms with E-state index in [2.05, 4.69) is 20.6 Å². The van der Waals surface area contributed by atoms with Crippen LogP contribution in [-0.4, -0.2) is 21.9 Å². The average molecular weight is 381 g/mol. The largest absolute Gasteiger partial charge is 0.351 e. The van der Waals surface area contributed by atoms with Crippen molar-refractivity contribution < 1.29 is 9.59 Å². The lowest BCUT2D eigenvalue weighted by Gasteiger charge is -2.06. The maximum absolute atomic E-state index is 12.8. The summed E-state index contributed by atoms with van der Waals surface area (Å²) in [6, 6.07) is 6.14. The number of anilines is 2. The molecule has 0 bridgehead atoms. The first-order chi connectivity index (χ1) is 12.9. The number of hydrogen-bond acceptors (Lipinski definition) is 5. The zero-order valence-corrected chi connectivity index (χ0v) is 15.8. The Morgan fingerprint density at radius 1 is 1.07 bits per heavy atom. The van der Waals surface area contributed by atoms with Gasteiger partial charge < -0.3 is 16.4 Å². The van der Waals surface area contributed by atoms with Gasteiger partial charge in [-0.3, -0.25) is 4.79 Å². The zero-order chi connectivity index (χ0) is 19.1. The topological polar surface area (TPSA) is 110 Å². The van der Waals surface area contributed by atoms with E-state index in [0.29, 0.717) is 22.2 Å². The van der Waals surface area contributed by atoms with Crippen LogP contribution in [0.5, 0.6) is 0 Å². The molecule has 4 N–H and O–H groups in total. The van der Waals surface area contributed by atoms with Crippen LogP contribution in [0.15, 0.2) is 24.3 Å². The molecule has 138 valence electrons. The number of thiophene rings is 1. The van der Waals surface area contributed by atoms with Gasteiger partial charge >= 0.3 is 6.03 Å². The van der Waals surface area contributed by atoms with Crippen LogP contribution >= 0.6 is 11.3 Å². The van der Waals surface area contributed by atoms with Crippen molar-refractivity contribution in [2.45, 2.75) is 32.6 Å². The van der Waals surface area contributed by atoms with Crippen LogP contribution in [0.4, 0.5) is 16.2 Å². The second-order valence-corrected chi connectivity index (χ2v) is 7.70. The molecule has 1 fully saturated rings. The zero-order valence-electron chi connectivity index (χ0n) is 15.0. The summed E-state index contributed by atoms with van der Waals surface area (Å²) in [5, 5.41) is 6.34. The van der Waals surface area contributed by atoms with Gasteiger partial charge in [0.05, 0.1) is 10.6 Å². The van der Waals surface area contributed by atoms with Crippen LogP contribution in [0.1, 0.15) is 45.5 Å². The van der Waals surface area contributed by atoms with Crippen molar-refractivity contribution >= 4 is 44.9 Å². The second kappa shape index (κ2) is 6.62. The molecule has 27 heavy (non-hydrogen) atoms. The Bertz CT molecular complexity index is 1050. The van der Waals surface area contributed by atoms with Gasteiger partial charge in [0.2, 0.25) is 0 Å². The minimum atomic E-state index is -0.630. The van der Waals surface area contributed by atoms with Crippen LogP contribution in [0.25, 0.3) is 10.2 Å². The van der Waals surface area contributed by atoms with E-state index in [1.165, 1.54) is 11.3 Å². The van der Waals surface area contributed by atoms with Crippen LogP contribution in [0.2, 0.25) is 0 Å². The highest BCUT2D eigenvalue weighted by molar-refractivity contribution is 7.20. The molecule has 1 aliphatic rings. The van der Waals surface area contributed by atoms with Gasteiger partial charge in [-0.25, -0.2) is 14.8 Å². The van der Waals surface area contributed by atoms with Gasteiger partial charge in [0.25, 0.3) is 5.91 Å². The normalized spacial score (nSPS) is 13.6. The van der Waals surface area contributed by atoms with Gasteiger partial charge in [-0.2, -0.15) is 0 Å². The number of amides is 3. The van der Waals surface area contributed by atoms with Crippen molar-refractivity contribution in [2.75, 3.05) is 10.6 Å². The first-order valence-corrected chi connectivity index (χ1v) is 9.49.